The highest BCUT2D eigenvalue weighted by atomic mass is 16.1. The Kier molecular flexibility index (Phi) is 29.1. The largest absolute Gasteiger partial charge is 0.299 e. The number of rotatable bonds is 19. The number of carbonyl (C=O) groups is 3. The third-order valence-electron chi connectivity index (χ3n) is 12.4. The van der Waals surface area contributed by atoms with E-state index in [1.54, 1.807) is 7.05 Å². The number of azo groups is 1. The summed E-state index contributed by atoms with van der Waals surface area (Å²) >= 11 is 0. The van der Waals surface area contributed by atoms with Gasteiger partial charge in [-0.3, -0.25) is 14.4 Å². The fourth-order valence-corrected chi connectivity index (χ4v) is 8.89. The SMILES string of the molecule is C#C.C/C=C(\N=NC)c1cccc(CC(=O)Cc2cccc(/C(C)=C/C)c2)c1.CC.Cc1cccc(CC(=O)CCCC2CCCC2)c1.Cc1cccc(CC(=O)CCCC2CCCC2)c1. The van der Waals surface area contributed by atoms with Crippen LogP contribution < -0.4 is 0 Å². The van der Waals surface area contributed by atoms with Gasteiger partial charge < -0.3 is 0 Å². The average molecular weight is 891 g/mol. The van der Waals surface area contributed by atoms with Crippen LogP contribution in [0.1, 0.15) is 169 Å². The van der Waals surface area contributed by atoms with Gasteiger partial charge in [0.1, 0.15) is 17.3 Å². The molecule has 0 atom stereocenters. The molecule has 2 aliphatic rings. The molecule has 354 valence electrons. The predicted octanol–water partition coefficient (Wildman–Crippen LogP) is 16.1. The van der Waals surface area contributed by atoms with Gasteiger partial charge in [0, 0.05) is 51.1 Å². The number of benzene rings is 4. The van der Waals surface area contributed by atoms with Crippen LogP contribution in [-0.4, -0.2) is 24.4 Å². The average Bonchev–Trinajstić information content (AvgIpc) is 4.05. The Morgan fingerprint density at radius 1 is 0.561 bits per heavy atom. The summed E-state index contributed by atoms with van der Waals surface area (Å²) in [5.74, 6) is 2.84. The number of aryl methyl sites for hydroxylation is 2. The molecule has 4 aromatic carbocycles. The van der Waals surface area contributed by atoms with Crippen molar-refractivity contribution in [1.29, 1.82) is 0 Å². The van der Waals surface area contributed by atoms with Gasteiger partial charge in [0.2, 0.25) is 0 Å². The van der Waals surface area contributed by atoms with Gasteiger partial charge in [-0.05, 0) is 98.8 Å². The minimum absolute atomic E-state index is 0.205. The van der Waals surface area contributed by atoms with E-state index in [0.717, 1.165) is 59.9 Å². The quantitative estimate of drug-likeness (QED) is 0.0695. The molecule has 66 heavy (non-hydrogen) atoms. The Labute approximate surface area is 401 Å². The Morgan fingerprint density at radius 2 is 0.939 bits per heavy atom. The van der Waals surface area contributed by atoms with Crippen LogP contribution in [0.15, 0.2) is 119 Å². The molecule has 6 rings (SSSR count). The topological polar surface area (TPSA) is 75.9 Å². The second-order valence-electron chi connectivity index (χ2n) is 17.7. The van der Waals surface area contributed by atoms with Crippen molar-refractivity contribution >= 4 is 28.6 Å². The lowest BCUT2D eigenvalue weighted by molar-refractivity contribution is -0.119. The van der Waals surface area contributed by atoms with Crippen molar-refractivity contribution in [2.45, 2.75) is 164 Å². The van der Waals surface area contributed by atoms with Gasteiger partial charge >= 0.3 is 0 Å². The van der Waals surface area contributed by atoms with Crippen molar-refractivity contribution in [1.82, 2.24) is 0 Å². The van der Waals surface area contributed by atoms with Gasteiger partial charge in [0.15, 0.2) is 0 Å². The van der Waals surface area contributed by atoms with E-state index in [-0.39, 0.29) is 5.78 Å². The van der Waals surface area contributed by atoms with Crippen molar-refractivity contribution in [3.63, 3.8) is 0 Å². The summed E-state index contributed by atoms with van der Waals surface area (Å²) in [7, 11) is 1.65. The Balaban J connectivity index is 0.000000335. The summed E-state index contributed by atoms with van der Waals surface area (Å²) < 4.78 is 0. The highest BCUT2D eigenvalue weighted by Crippen LogP contribution is 2.30. The van der Waals surface area contributed by atoms with Gasteiger partial charge in [-0.2, -0.15) is 10.2 Å². The van der Waals surface area contributed by atoms with Crippen LogP contribution in [0.3, 0.4) is 0 Å². The first-order valence-electron chi connectivity index (χ1n) is 24.8. The molecule has 0 radical (unpaired) electrons. The number of hydrogen-bond acceptors (Lipinski definition) is 5. The van der Waals surface area contributed by atoms with Gasteiger partial charge in [-0.1, -0.05) is 192 Å². The van der Waals surface area contributed by atoms with Crippen LogP contribution in [0, 0.1) is 38.5 Å². The van der Waals surface area contributed by atoms with Crippen LogP contribution in [0.5, 0.6) is 0 Å². The summed E-state index contributed by atoms with van der Waals surface area (Å²) in [6.07, 6.45) is 31.5. The molecule has 0 aromatic heterocycles. The molecule has 0 bridgehead atoms. The van der Waals surface area contributed by atoms with Crippen molar-refractivity contribution in [3.8, 4) is 12.8 Å². The Hall–Kier alpha value is -5.47. The molecule has 5 nitrogen and oxygen atoms in total. The first kappa shape index (κ1) is 56.7. The lowest BCUT2D eigenvalue weighted by Crippen LogP contribution is -2.07. The molecule has 2 aliphatic carbocycles. The molecule has 2 saturated carbocycles. The standard InChI is InChI=1S/C23H26N2O.2C17H24O.C2H6.C2H2/c1-5-17(3)20-11-7-9-18(13-20)15-22(26)16-19-10-8-12-21(14-19)23(6-2)25-24-4;2*1-14-6-4-10-16(12-14)13-17(18)11-5-9-15-7-2-3-8-15;2*1-2/h5-14H,15-16H2,1-4H3;2*4,6,10,12,15H,2-3,5,7-9,11,13H2,1H3;1-2H3;1-2H/b17-5+,23-6-,25-24?;;;;. The molecule has 2 fully saturated rings. The van der Waals surface area contributed by atoms with Gasteiger partial charge in [0.05, 0.1) is 5.70 Å². The fraction of sp³-hybridized carbons (Fsp3) is 0.459. The summed E-state index contributed by atoms with van der Waals surface area (Å²) in [5, 5.41) is 7.98. The normalized spacial score (nSPS) is 13.8. The lowest BCUT2D eigenvalue weighted by atomic mass is 9.97. The summed E-state index contributed by atoms with van der Waals surface area (Å²) in [4.78, 5) is 36.3. The van der Waals surface area contributed by atoms with Crippen LogP contribution >= 0.6 is 0 Å². The zero-order chi connectivity index (χ0) is 48.5. The second kappa shape index (κ2) is 33.9. The maximum Gasteiger partial charge on any atom is 0.141 e. The summed E-state index contributed by atoms with van der Waals surface area (Å²) in [6.45, 7) is 14.2. The molecule has 0 N–H and O–H groups in total. The molecule has 0 unspecified atom stereocenters. The first-order chi connectivity index (χ1) is 32.0. The molecule has 0 saturated heterocycles. The van der Waals surface area contributed by atoms with Crippen molar-refractivity contribution in [2.75, 3.05) is 7.05 Å². The fourth-order valence-electron chi connectivity index (χ4n) is 8.89. The van der Waals surface area contributed by atoms with Crippen LogP contribution in [0.2, 0.25) is 0 Å². The van der Waals surface area contributed by atoms with E-state index in [1.807, 2.05) is 82.3 Å². The van der Waals surface area contributed by atoms with E-state index in [2.05, 4.69) is 98.5 Å². The molecule has 0 aliphatic heterocycles. The first-order valence-corrected chi connectivity index (χ1v) is 24.8. The lowest BCUT2D eigenvalue weighted by Gasteiger charge is -2.07. The molecule has 4 aromatic rings. The van der Waals surface area contributed by atoms with Gasteiger partial charge in [0.25, 0.3) is 0 Å². The van der Waals surface area contributed by atoms with Gasteiger partial charge in [-0.15, -0.1) is 12.8 Å². The highest BCUT2D eigenvalue weighted by molar-refractivity contribution is 5.84. The number of allylic oxidation sites excluding steroid dienone is 3. The van der Waals surface area contributed by atoms with Gasteiger partial charge in [-0.25, -0.2) is 0 Å². The van der Waals surface area contributed by atoms with E-state index < -0.39 is 0 Å². The smallest absolute Gasteiger partial charge is 0.141 e. The molecule has 0 heterocycles. The molecular weight excluding hydrogens is 809 g/mol. The molecule has 0 amide bonds. The zero-order valence-corrected chi connectivity index (χ0v) is 42.0. The van der Waals surface area contributed by atoms with Crippen molar-refractivity contribution in [2.24, 2.45) is 22.1 Å². The van der Waals surface area contributed by atoms with Crippen LogP contribution in [0.4, 0.5) is 0 Å². The van der Waals surface area contributed by atoms with Crippen LogP contribution in [-0.2, 0) is 40.1 Å². The molecular formula is C61H82N2O3. The summed E-state index contributed by atoms with van der Waals surface area (Å²) in [6, 6.07) is 32.7. The predicted molar refractivity (Wildman–Crippen MR) is 282 cm³/mol. The number of terminal acetylenes is 1. The van der Waals surface area contributed by atoms with E-state index in [1.165, 1.54) is 97.6 Å². The molecule has 5 heteroatoms. The monoisotopic (exact) mass is 891 g/mol. The second-order valence-corrected chi connectivity index (χ2v) is 17.7. The molecule has 0 spiro atoms. The Bertz CT molecular complexity index is 2060. The number of hydrogen-bond donors (Lipinski definition) is 0. The number of nitrogens with zero attached hydrogens (tertiary/aromatic N) is 2. The van der Waals surface area contributed by atoms with Crippen molar-refractivity contribution in [3.05, 3.63) is 154 Å². The maximum atomic E-state index is 12.5. The third-order valence-corrected chi connectivity index (χ3v) is 12.4. The summed E-state index contributed by atoms with van der Waals surface area (Å²) in [5.41, 5.74) is 11.1. The minimum Gasteiger partial charge on any atom is -0.299 e. The number of ketones is 3. The van der Waals surface area contributed by atoms with Crippen LogP contribution in [0.25, 0.3) is 11.3 Å². The number of Topliss-reactive ketones (excluding diaryl/α,β-unsaturated/α-hetero) is 3. The zero-order valence-electron chi connectivity index (χ0n) is 42.0. The highest BCUT2D eigenvalue weighted by Gasteiger charge is 2.16. The Morgan fingerprint density at radius 3 is 1.33 bits per heavy atom. The van der Waals surface area contributed by atoms with E-state index in [9.17, 15) is 14.4 Å². The third kappa shape index (κ3) is 23.1. The van der Waals surface area contributed by atoms with E-state index in [0.29, 0.717) is 37.2 Å². The van der Waals surface area contributed by atoms with E-state index >= 15 is 0 Å². The van der Waals surface area contributed by atoms with Crippen molar-refractivity contribution < 1.29 is 14.4 Å². The maximum absolute atomic E-state index is 12.5. The number of carbonyl (C=O) groups excluding carboxylic acids is 3. The van der Waals surface area contributed by atoms with E-state index in [4.69, 9.17) is 0 Å². The minimum atomic E-state index is 0.205.